The van der Waals surface area contributed by atoms with Crippen LogP contribution in [0.15, 0.2) is 18.3 Å². The lowest BCUT2D eigenvalue weighted by molar-refractivity contribution is -0.116. The third-order valence-electron chi connectivity index (χ3n) is 1.61. The number of hydrogen-bond donors (Lipinski definition) is 2. The van der Waals surface area contributed by atoms with Crippen LogP contribution in [0.1, 0.15) is 6.42 Å². The molecule has 0 aliphatic rings. The van der Waals surface area contributed by atoms with Gasteiger partial charge in [0.15, 0.2) is 0 Å². The first-order valence-corrected chi connectivity index (χ1v) is 4.28. The van der Waals surface area contributed by atoms with Gasteiger partial charge in [-0.3, -0.25) is 4.79 Å². The molecular formula is C9H12FN3O. The van der Waals surface area contributed by atoms with Crippen molar-refractivity contribution < 1.29 is 9.18 Å². The molecule has 0 atom stereocenters. The average Bonchev–Trinajstić information content (AvgIpc) is 2.18. The second-order valence-electron chi connectivity index (χ2n) is 2.77. The molecule has 0 saturated carbocycles. The van der Waals surface area contributed by atoms with Crippen LogP contribution in [0.25, 0.3) is 0 Å². The van der Waals surface area contributed by atoms with Crippen LogP contribution in [0.3, 0.4) is 0 Å². The van der Waals surface area contributed by atoms with Crippen LogP contribution in [0.5, 0.6) is 0 Å². The van der Waals surface area contributed by atoms with E-state index in [9.17, 15) is 9.18 Å². The molecule has 0 radical (unpaired) electrons. The van der Waals surface area contributed by atoms with Crippen LogP contribution < -0.4 is 10.6 Å². The fourth-order valence-corrected chi connectivity index (χ4v) is 0.912. The second kappa shape index (κ2) is 5.29. The van der Waals surface area contributed by atoms with E-state index in [1.807, 2.05) is 0 Å². The number of pyridine rings is 1. The highest BCUT2D eigenvalue weighted by molar-refractivity contribution is 5.90. The van der Waals surface area contributed by atoms with Crippen molar-refractivity contribution in [3.05, 3.63) is 24.3 Å². The van der Waals surface area contributed by atoms with Gasteiger partial charge >= 0.3 is 0 Å². The van der Waals surface area contributed by atoms with E-state index in [4.69, 9.17) is 0 Å². The molecule has 0 aromatic carbocycles. The molecule has 0 aliphatic carbocycles. The molecule has 76 valence electrons. The van der Waals surface area contributed by atoms with Gasteiger partial charge in [0.25, 0.3) is 0 Å². The zero-order valence-corrected chi connectivity index (χ0v) is 7.88. The Morgan fingerprint density at radius 1 is 1.57 bits per heavy atom. The highest BCUT2D eigenvalue weighted by atomic mass is 19.1. The summed E-state index contributed by atoms with van der Waals surface area (Å²) >= 11 is 0. The number of hydrogen-bond acceptors (Lipinski definition) is 3. The topological polar surface area (TPSA) is 54.0 Å². The molecular weight excluding hydrogens is 185 g/mol. The summed E-state index contributed by atoms with van der Waals surface area (Å²) < 4.78 is 12.4. The number of carbonyl (C=O) groups excluding carboxylic acids is 1. The fourth-order valence-electron chi connectivity index (χ4n) is 0.912. The van der Waals surface area contributed by atoms with Crippen molar-refractivity contribution >= 4 is 11.6 Å². The van der Waals surface area contributed by atoms with Crippen molar-refractivity contribution in [3.63, 3.8) is 0 Å². The zero-order valence-electron chi connectivity index (χ0n) is 7.88. The summed E-state index contributed by atoms with van der Waals surface area (Å²) in [5.74, 6) is -0.675. The molecule has 0 fully saturated rings. The van der Waals surface area contributed by atoms with Gasteiger partial charge in [0.2, 0.25) is 11.9 Å². The average molecular weight is 197 g/mol. The van der Waals surface area contributed by atoms with Crippen molar-refractivity contribution in [1.29, 1.82) is 0 Å². The van der Waals surface area contributed by atoms with E-state index in [0.717, 1.165) is 0 Å². The molecule has 14 heavy (non-hydrogen) atoms. The van der Waals surface area contributed by atoms with Gasteiger partial charge < -0.3 is 10.6 Å². The summed E-state index contributed by atoms with van der Waals surface area (Å²) in [7, 11) is 1.77. The van der Waals surface area contributed by atoms with E-state index in [0.29, 0.717) is 18.7 Å². The lowest BCUT2D eigenvalue weighted by atomic mass is 10.3. The predicted molar refractivity (Wildman–Crippen MR) is 51.4 cm³/mol. The maximum Gasteiger partial charge on any atom is 0.225 e. The standard InChI is InChI=1S/C9H12FN3O/c1-11-5-4-9(14)13-7-2-3-8(10)12-6-7/h2-3,6,11H,4-5H2,1H3,(H,13,14). The van der Waals surface area contributed by atoms with Gasteiger partial charge in [-0.25, -0.2) is 4.98 Å². The van der Waals surface area contributed by atoms with E-state index in [2.05, 4.69) is 15.6 Å². The Hall–Kier alpha value is -1.49. The molecule has 4 nitrogen and oxygen atoms in total. The molecule has 0 bridgehead atoms. The number of halogens is 1. The fraction of sp³-hybridized carbons (Fsp3) is 0.333. The normalized spacial score (nSPS) is 9.86. The molecule has 5 heteroatoms. The van der Waals surface area contributed by atoms with Crippen molar-refractivity contribution in [1.82, 2.24) is 10.3 Å². The van der Waals surface area contributed by atoms with Gasteiger partial charge in [0.05, 0.1) is 11.9 Å². The van der Waals surface area contributed by atoms with Crippen molar-refractivity contribution in [2.75, 3.05) is 18.9 Å². The summed E-state index contributed by atoms with van der Waals surface area (Å²) in [5.41, 5.74) is 0.507. The monoisotopic (exact) mass is 197 g/mol. The highest BCUT2D eigenvalue weighted by Gasteiger charge is 2.01. The number of carbonyl (C=O) groups is 1. The van der Waals surface area contributed by atoms with Gasteiger partial charge in [-0.1, -0.05) is 0 Å². The smallest absolute Gasteiger partial charge is 0.225 e. The number of aromatic nitrogens is 1. The molecule has 1 aromatic rings. The molecule has 0 saturated heterocycles. The summed E-state index contributed by atoms with van der Waals surface area (Å²) in [6.45, 7) is 0.612. The quantitative estimate of drug-likeness (QED) is 0.701. The maximum atomic E-state index is 12.4. The van der Waals surface area contributed by atoms with Crippen LogP contribution in [-0.4, -0.2) is 24.5 Å². The summed E-state index contributed by atoms with van der Waals surface area (Å²) in [6, 6.07) is 2.67. The Kier molecular flexibility index (Phi) is 4.00. The van der Waals surface area contributed by atoms with Crippen LogP contribution >= 0.6 is 0 Å². The summed E-state index contributed by atoms with van der Waals surface area (Å²) in [5, 5.41) is 5.45. The number of nitrogens with zero attached hydrogens (tertiary/aromatic N) is 1. The van der Waals surface area contributed by atoms with Crippen molar-refractivity contribution in [2.24, 2.45) is 0 Å². The van der Waals surface area contributed by atoms with Crippen LogP contribution in [-0.2, 0) is 4.79 Å². The van der Waals surface area contributed by atoms with E-state index in [1.165, 1.54) is 18.3 Å². The molecule has 1 aromatic heterocycles. The number of amides is 1. The largest absolute Gasteiger partial charge is 0.325 e. The predicted octanol–water partition coefficient (Wildman–Crippen LogP) is 0.769. The van der Waals surface area contributed by atoms with E-state index in [-0.39, 0.29) is 5.91 Å². The van der Waals surface area contributed by atoms with Crippen molar-refractivity contribution in [2.45, 2.75) is 6.42 Å². The Balaban J connectivity index is 2.44. The Bertz CT molecular complexity index is 299. The van der Waals surface area contributed by atoms with Gasteiger partial charge in [-0.2, -0.15) is 4.39 Å². The van der Waals surface area contributed by atoms with Gasteiger partial charge in [-0.15, -0.1) is 0 Å². The Morgan fingerprint density at radius 2 is 2.36 bits per heavy atom. The second-order valence-corrected chi connectivity index (χ2v) is 2.77. The van der Waals surface area contributed by atoms with Crippen LogP contribution in [0, 0.1) is 5.95 Å². The number of anilines is 1. The maximum absolute atomic E-state index is 12.4. The number of rotatable bonds is 4. The summed E-state index contributed by atoms with van der Waals surface area (Å²) in [6.07, 6.45) is 1.67. The number of nitrogens with one attached hydrogen (secondary N) is 2. The lowest BCUT2D eigenvalue weighted by Gasteiger charge is -2.03. The zero-order chi connectivity index (χ0) is 10.4. The first kappa shape index (κ1) is 10.6. The van der Waals surface area contributed by atoms with Crippen LogP contribution in [0.2, 0.25) is 0 Å². The minimum atomic E-state index is -0.557. The minimum Gasteiger partial charge on any atom is -0.325 e. The molecule has 0 spiro atoms. The van der Waals surface area contributed by atoms with Gasteiger partial charge in [0.1, 0.15) is 0 Å². The first-order valence-electron chi connectivity index (χ1n) is 4.28. The molecule has 1 rings (SSSR count). The summed E-state index contributed by atoms with van der Waals surface area (Å²) in [4.78, 5) is 14.6. The van der Waals surface area contributed by atoms with E-state index in [1.54, 1.807) is 7.05 Å². The van der Waals surface area contributed by atoms with E-state index < -0.39 is 5.95 Å². The lowest BCUT2D eigenvalue weighted by Crippen LogP contribution is -2.18. The Labute approximate surface area is 81.5 Å². The third-order valence-corrected chi connectivity index (χ3v) is 1.61. The molecule has 2 N–H and O–H groups in total. The SMILES string of the molecule is CNCCC(=O)Nc1ccc(F)nc1. The van der Waals surface area contributed by atoms with Crippen molar-refractivity contribution in [3.8, 4) is 0 Å². The molecule has 0 unspecified atom stereocenters. The van der Waals surface area contributed by atoms with Gasteiger partial charge in [-0.05, 0) is 19.2 Å². The molecule has 1 amide bonds. The Morgan fingerprint density at radius 3 is 2.93 bits per heavy atom. The van der Waals surface area contributed by atoms with E-state index >= 15 is 0 Å². The van der Waals surface area contributed by atoms with Gasteiger partial charge in [0, 0.05) is 13.0 Å². The molecule has 1 heterocycles. The minimum absolute atomic E-state index is 0.118. The molecule has 0 aliphatic heterocycles. The van der Waals surface area contributed by atoms with Crippen LogP contribution in [0.4, 0.5) is 10.1 Å². The first-order chi connectivity index (χ1) is 6.72. The highest BCUT2D eigenvalue weighted by Crippen LogP contribution is 2.05. The third kappa shape index (κ3) is 3.49.